The van der Waals surface area contributed by atoms with Crippen molar-refractivity contribution in [2.75, 3.05) is 0 Å². The Balaban J connectivity index is 1.78. The number of nitrogens with zero attached hydrogens (tertiary/aromatic N) is 1. The maximum absolute atomic E-state index is 4.57. The van der Waals surface area contributed by atoms with Crippen LogP contribution in [0.3, 0.4) is 0 Å². The number of benzene rings is 1. The van der Waals surface area contributed by atoms with Gasteiger partial charge >= 0.3 is 0 Å². The fourth-order valence-corrected chi connectivity index (χ4v) is 4.92. The maximum atomic E-state index is 4.57. The van der Waals surface area contributed by atoms with E-state index < -0.39 is 0 Å². The van der Waals surface area contributed by atoms with E-state index in [0.717, 1.165) is 24.0 Å². The van der Waals surface area contributed by atoms with Crippen LogP contribution in [0, 0.1) is 6.92 Å². The molecule has 0 saturated carbocycles. The summed E-state index contributed by atoms with van der Waals surface area (Å²) in [7, 11) is 0. The van der Waals surface area contributed by atoms with E-state index >= 15 is 0 Å². The van der Waals surface area contributed by atoms with Gasteiger partial charge in [0, 0.05) is 6.20 Å². The van der Waals surface area contributed by atoms with Crippen molar-refractivity contribution in [3.05, 3.63) is 65.5 Å². The highest BCUT2D eigenvalue weighted by Crippen LogP contribution is 2.50. The van der Waals surface area contributed by atoms with Crippen LogP contribution >= 0.6 is 0 Å². The van der Waals surface area contributed by atoms with Crippen LogP contribution in [-0.4, -0.2) is 11.7 Å². The Hall–Kier alpha value is -1.83. The lowest BCUT2D eigenvalue weighted by Crippen LogP contribution is -2.35. The van der Waals surface area contributed by atoms with Gasteiger partial charge in [0.15, 0.2) is 6.71 Å². The summed E-state index contributed by atoms with van der Waals surface area (Å²) in [5.74, 6) is 1.74. The van der Waals surface area contributed by atoms with Gasteiger partial charge in [0.1, 0.15) is 0 Å². The fraction of sp³-hybridized carbons (Fsp3) is 0.409. The third-order valence-electron chi connectivity index (χ3n) is 6.05. The highest BCUT2D eigenvalue weighted by molar-refractivity contribution is 6.83. The molecule has 1 nitrogen and oxygen atoms in total. The normalized spacial score (nSPS) is 24.0. The zero-order chi connectivity index (χ0) is 16.4. The minimum atomic E-state index is 0.720. The van der Waals surface area contributed by atoms with Gasteiger partial charge in [-0.15, -0.1) is 0 Å². The van der Waals surface area contributed by atoms with Crippen molar-refractivity contribution in [1.29, 1.82) is 0 Å². The summed E-state index contributed by atoms with van der Waals surface area (Å²) in [4.78, 5) is 4.57. The average Bonchev–Trinajstić information content (AvgIpc) is 2.61. The molecule has 4 rings (SSSR count). The molecule has 2 bridgehead atoms. The van der Waals surface area contributed by atoms with E-state index in [2.05, 4.69) is 54.4 Å². The molecule has 0 aliphatic carbocycles. The molecular formula is C22H26BN. The highest BCUT2D eigenvalue weighted by Gasteiger charge is 2.41. The SMILES string of the molecule is Cc1ccc(/C(=C/c2ccccn2)B2C3CCCC2CCC3)cc1. The number of pyridine rings is 1. The largest absolute Gasteiger partial charge is 0.257 e. The van der Waals surface area contributed by atoms with Crippen LogP contribution < -0.4 is 0 Å². The summed E-state index contributed by atoms with van der Waals surface area (Å²) in [6.07, 6.45) is 12.8. The second-order valence-corrected chi connectivity index (χ2v) is 7.63. The summed E-state index contributed by atoms with van der Waals surface area (Å²) >= 11 is 0. The molecule has 2 saturated heterocycles. The van der Waals surface area contributed by atoms with Crippen molar-refractivity contribution < 1.29 is 0 Å². The smallest absolute Gasteiger partial charge is 0.183 e. The van der Waals surface area contributed by atoms with Gasteiger partial charge in [0.05, 0.1) is 5.69 Å². The van der Waals surface area contributed by atoms with Crippen LogP contribution in [0.25, 0.3) is 11.5 Å². The first kappa shape index (κ1) is 15.7. The second-order valence-electron chi connectivity index (χ2n) is 7.63. The minimum Gasteiger partial charge on any atom is -0.257 e. The Morgan fingerprint density at radius 2 is 1.62 bits per heavy atom. The van der Waals surface area contributed by atoms with E-state index in [1.807, 2.05) is 12.3 Å². The molecule has 0 radical (unpaired) electrons. The van der Waals surface area contributed by atoms with Crippen LogP contribution in [0.1, 0.15) is 55.3 Å². The Kier molecular flexibility index (Phi) is 4.55. The molecule has 2 aromatic rings. The van der Waals surface area contributed by atoms with E-state index in [1.165, 1.54) is 55.1 Å². The number of aryl methyl sites for hydroxylation is 1. The van der Waals surface area contributed by atoms with Crippen molar-refractivity contribution in [3.63, 3.8) is 0 Å². The molecule has 122 valence electrons. The average molecular weight is 315 g/mol. The molecule has 0 unspecified atom stereocenters. The van der Waals surface area contributed by atoms with Crippen LogP contribution in [0.2, 0.25) is 11.6 Å². The molecule has 0 N–H and O–H groups in total. The molecule has 24 heavy (non-hydrogen) atoms. The van der Waals surface area contributed by atoms with E-state index in [9.17, 15) is 0 Å². The zero-order valence-corrected chi connectivity index (χ0v) is 14.6. The molecule has 2 aliphatic rings. The molecule has 1 aromatic carbocycles. The molecular weight excluding hydrogens is 289 g/mol. The minimum absolute atomic E-state index is 0.720. The fourth-order valence-electron chi connectivity index (χ4n) is 4.92. The van der Waals surface area contributed by atoms with E-state index in [1.54, 1.807) is 0 Å². The van der Waals surface area contributed by atoms with Crippen molar-refractivity contribution in [2.24, 2.45) is 0 Å². The van der Waals surface area contributed by atoms with Crippen LogP contribution in [0.5, 0.6) is 0 Å². The van der Waals surface area contributed by atoms with Gasteiger partial charge in [0.25, 0.3) is 0 Å². The van der Waals surface area contributed by atoms with Gasteiger partial charge in [-0.3, -0.25) is 4.98 Å². The topological polar surface area (TPSA) is 12.9 Å². The van der Waals surface area contributed by atoms with Gasteiger partial charge in [0.2, 0.25) is 0 Å². The van der Waals surface area contributed by atoms with Gasteiger partial charge in [-0.2, -0.15) is 0 Å². The van der Waals surface area contributed by atoms with Crippen molar-refractivity contribution in [2.45, 2.75) is 57.1 Å². The molecule has 2 fully saturated rings. The van der Waals surface area contributed by atoms with Gasteiger partial charge in [-0.05, 0) is 30.7 Å². The highest BCUT2D eigenvalue weighted by atomic mass is 14.6. The maximum Gasteiger partial charge on any atom is 0.183 e. The van der Waals surface area contributed by atoms with Crippen molar-refractivity contribution in [1.82, 2.24) is 4.98 Å². The third-order valence-corrected chi connectivity index (χ3v) is 6.05. The summed E-state index contributed by atoms with van der Waals surface area (Å²) in [6.45, 7) is 2.89. The number of aromatic nitrogens is 1. The first-order valence-corrected chi connectivity index (χ1v) is 9.51. The number of rotatable bonds is 3. The monoisotopic (exact) mass is 315 g/mol. The number of hydrogen-bond acceptors (Lipinski definition) is 1. The first-order chi connectivity index (χ1) is 11.8. The molecule has 2 aliphatic heterocycles. The third kappa shape index (κ3) is 3.20. The van der Waals surface area contributed by atoms with Crippen LogP contribution in [0.4, 0.5) is 0 Å². The molecule has 0 atom stereocenters. The van der Waals surface area contributed by atoms with E-state index in [-0.39, 0.29) is 0 Å². The van der Waals surface area contributed by atoms with Crippen LogP contribution in [0.15, 0.2) is 48.7 Å². The Labute approximate surface area is 146 Å². The summed E-state index contributed by atoms with van der Waals surface area (Å²) in [5, 5.41) is 0. The lowest BCUT2D eigenvalue weighted by Gasteiger charge is -2.42. The van der Waals surface area contributed by atoms with Gasteiger partial charge in [-0.1, -0.05) is 91.5 Å². The summed E-state index contributed by atoms with van der Waals surface area (Å²) < 4.78 is 0. The Morgan fingerprint density at radius 3 is 2.21 bits per heavy atom. The number of fused-ring (bicyclic) bond motifs is 2. The summed E-state index contributed by atoms with van der Waals surface area (Å²) in [5.41, 5.74) is 5.36. The zero-order valence-electron chi connectivity index (χ0n) is 14.6. The standard InChI is InChI=1S/C22H26BN/c1-17-11-13-18(14-12-17)22(16-21-10-2-3-15-24-21)23-19-6-4-7-20(23)9-5-8-19/h2-3,10-16,19-20H,4-9H2,1H3/b22-16-. The number of hydrogen-bond donors (Lipinski definition) is 0. The van der Waals surface area contributed by atoms with Gasteiger partial charge < -0.3 is 0 Å². The summed E-state index contributed by atoms with van der Waals surface area (Å²) in [6, 6.07) is 15.3. The molecule has 0 spiro atoms. The Morgan fingerprint density at radius 1 is 0.958 bits per heavy atom. The van der Waals surface area contributed by atoms with Crippen LogP contribution in [-0.2, 0) is 0 Å². The lowest BCUT2D eigenvalue weighted by molar-refractivity contribution is 0.448. The van der Waals surface area contributed by atoms with Crippen molar-refractivity contribution in [3.8, 4) is 0 Å². The first-order valence-electron chi connectivity index (χ1n) is 9.51. The van der Waals surface area contributed by atoms with E-state index in [4.69, 9.17) is 0 Å². The molecule has 2 heteroatoms. The predicted molar refractivity (Wildman–Crippen MR) is 104 cm³/mol. The van der Waals surface area contributed by atoms with Crippen molar-refractivity contribution >= 4 is 18.3 Å². The predicted octanol–water partition coefficient (Wildman–Crippen LogP) is 6.07. The Bertz CT molecular complexity index is 683. The molecule has 0 amide bonds. The van der Waals surface area contributed by atoms with Gasteiger partial charge in [-0.25, -0.2) is 0 Å². The lowest BCUT2D eigenvalue weighted by atomic mass is 9.23. The molecule has 1 aromatic heterocycles. The molecule has 3 heterocycles. The quantitative estimate of drug-likeness (QED) is 0.626. The van der Waals surface area contributed by atoms with E-state index in [0.29, 0.717) is 0 Å². The second kappa shape index (κ2) is 6.97.